The zero-order chi connectivity index (χ0) is 24.2. The molecular weight excluding hydrogens is 440 g/mol. The van der Waals surface area contributed by atoms with Gasteiger partial charge >= 0.3 is 0 Å². The minimum Gasteiger partial charge on any atom is -0.494 e. The first-order valence-corrected chi connectivity index (χ1v) is 12.6. The highest BCUT2D eigenvalue weighted by Gasteiger charge is 2.27. The van der Waals surface area contributed by atoms with Crippen molar-refractivity contribution < 1.29 is 22.3 Å². The average Bonchev–Trinajstić information content (AvgIpc) is 2.87. The molecule has 4 rings (SSSR count). The molecule has 2 aliphatic carbocycles. The first kappa shape index (κ1) is 24.8. The summed E-state index contributed by atoms with van der Waals surface area (Å²) in [6, 6.07) is 6.52. The molecule has 0 aromatic heterocycles. The number of methoxy groups -OCH3 is 1. The lowest BCUT2D eigenvalue weighted by molar-refractivity contribution is 0.312. The third-order valence-corrected chi connectivity index (χ3v) is 8.06. The summed E-state index contributed by atoms with van der Waals surface area (Å²) >= 11 is 0. The molecule has 34 heavy (non-hydrogen) atoms. The fourth-order valence-corrected chi connectivity index (χ4v) is 5.79. The molecule has 2 saturated carbocycles. The summed E-state index contributed by atoms with van der Waals surface area (Å²) in [5.74, 6) is -2.38. The number of hydrogen-bond donors (Lipinski definition) is 0. The fourth-order valence-electron chi connectivity index (χ4n) is 5.79. The average molecular weight is 475 g/mol. The normalized spacial score (nSPS) is 25.6. The van der Waals surface area contributed by atoms with E-state index in [1.54, 1.807) is 24.3 Å². The van der Waals surface area contributed by atoms with Crippen LogP contribution in [0.4, 0.5) is 17.6 Å². The summed E-state index contributed by atoms with van der Waals surface area (Å²) in [6.07, 6.45) is 11.8. The predicted molar refractivity (Wildman–Crippen MR) is 128 cm³/mol. The van der Waals surface area contributed by atoms with Crippen molar-refractivity contribution in [1.82, 2.24) is 0 Å². The minimum absolute atomic E-state index is 0.0543. The smallest absolute Gasteiger partial charge is 0.200 e. The Labute approximate surface area is 200 Å². The van der Waals surface area contributed by atoms with Gasteiger partial charge in [-0.3, -0.25) is 0 Å². The molecule has 0 unspecified atom stereocenters. The van der Waals surface area contributed by atoms with Crippen LogP contribution in [0.1, 0.15) is 93.2 Å². The monoisotopic (exact) mass is 474 g/mol. The van der Waals surface area contributed by atoms with Crippen molar-refractivity contribution in [3.63, 3.8) is 0 Å². The highest BCUT2D eigenvalue weighted by molar-refractivity contribution is 5.52. The Hall–Kier alpha value is -2.30. The van der Waals surface area contributed by atoms with Crippen LogP contribution in [-0.2, 0) is 0 Å². The molecule has 0 radical (unpaired) electrons. The van der Waals surface area contributed by atoms with Gasteiger partial charge in [0.15, 0.2) is 23.2 Å². The Bertz CT molecular complexity index is 1020. The lowest BCUT2D eigenvalue weighted by atomic mass is 9.77. The zero-order valence-electron chi connectivity index (χ0n) is 20.1. The number of halogens is 4. The van der Waals surface area contributed by atoms with E-state index in [1.807, 2.05) is 6.08 Å². The minimum atomic E-state index is -0.943. The quantitative estimate of drug-likeness (QED) is 0.380. The van der Waals surface area contributed by atoms with Crippen molar-refractivity contribution in [1.29, 1.82) is 0 Å². The van der Waals surface area contributed by atoms with Crippen LogP contribution >= 0.6 is 0 Å². The topological polar surface area (TPSA) is 9.23 Å². The molecular formula is C29H34F4O. The molecule has 2 fully saturated rings. The van der Waals surface area contributed by atoms with Crippen molar-refractivity contribution in [3.05, 3.63) is 70.3 Å². The van der Waals surface area contributed by atoms with Crippen molar-refractivity contribution in [2.24, 2.45) is 11.8 Å². The van der Waals surface area contributed by atoms with Gasteiger partial charge in [0, 0.05) is 5.56 Å². The second kappa shape index (κ2) is 11.0. The van der Waals surface area contributed by atoms with E-state index in [1.165, 1.54) is 13.2 Å². The van der Waals surface area contributed by atoms with Gasteiger partial charge in [-0.2, -0.15) is 4.39 Å². The predicted octanol–water partition coefficient (Wildman–Crippen LogP) is 8.92. The maximum Gasteiger partial charge on any atom is 0.200 e. The molecule has 0 N–H and O–H groups in total. The third-order valence-electron chi connectivity index (χ3n) is 8.06. The van der Waals surface area contributed by atoms with Crippen molar-refractivity contribution >= 4 is 6.08 Å². The number of benzene rings is 2. The standard InChI is InChI=1S/C29H34F4O/c1-3-18-4-9-20(10-5-18)23-15-14-22(26(30)27(23)31)13-8-19-6-11-21(12-7-19)24-16-17-25(34-2)29(33)28(24)32/h8,13-21H,3-7,9-12H2,1-2H3. The van der Waals surface area contributed by atoms with Gasteiger partial charge in [-0.1, -0.05) is 43.7 Å². The van der Waals surface area contributed by atoms with Crippen LogP contribution in [0.15, 0.2) is 30.3 Å². The van der Waals surface area contributed by atoms with Crippen LogP contribution < -0.4 is 4.74 Å². The van der Waals surface area contributed by atoms with Gasteiger partial charge in [0.25, 0.3) is 0 Å². The van der Waals surface area contributed by atoms with E-state index >= 15 is 0 Å². The Morgan fingerprint density at radius 2 is 1.29 bits per heavy atom. The molecule has 2 aromatic carbocycles. The summed E-state index contributed by atoms with van der Waals surface area (Å²) in [7, 11) is 1.31. The summed E-state index contributed by atoms with van der Waals surface area (Å²) in [6.45, 7) is 2.19. The van der Waals surface area contributed by atoms with E-state index in [9.17, 15) is 17.6 Å². The Balaban J connectivity index is 1.38. The molecule has 2 aliphatic rings. The van der Waals surface area contributed by atoms with E-state index in [0.717, 1.165) is 44.9 Å². The molecule has 0 heterocycles. The number of ether oxygens (including phenoxy) is 1. The lowest BCUT2D eigenvalue weighted by Gasteiger charge is -2.28. The van der Waals surface area contributed by atoms with Crippen LogP contribution in [0, 0.1) is 35.1 Å². The van der Waals surface area contributed by atoms with Crippen LogP contribution in [0.25, 0.3) is 6.08 Å². The molecule has 0 bridgehead atoms. The SMILES string of the molecule is CCC1CCC(c2ccc(C=CC3CCC(c4ccc(OC)c(F)c4F)CC3)c(F)c2F)CC1. The van der Waals surface area contributed by atoms with E-state index in [0.29, 0.717) is 29.9 Å². The Morgan fingerprint density at radius 3 is 1.88 bits per heavy atom. The molecule has 184 valence electrons. The van der Waals surface area contributed by atoms with Gasteiger partial charge < -0.3 is 4.74 Å². The van der Waals surface area contributed by atoms with Gasteiger partial charge in [0.05, 0.1) is 7.11 Å². The lowest BCUT2D eigenvalue weighted by Crippen LogP contribution is -2.14. The van der Waals surface area contributed by atoms with Crippen LogP contribution in [0.5, 0.6) is 5.75 Å². The maximum atomic E-state index is 14.9. The maximum absolute atomic E-state index is 14.9. The van der Waals surface area contributed by atoms with Gasteiger partial charge in [-0.05, 0) is 92.2 Å². The summed E-state index contributed by atoms with van der Waals surface area (Å²) in [4.78, 5) is 0. The summed E-state index contributed by atoms with van der Waals surface area (Å²) in [5.41, 5.74) is 1.17. The number of rotatable bonds is 6. The third kappa shape index (κ3) is 5.18. The summed E-state index contributed by atoms with van der Waals surface area (Å²) < 4.78 is 63.1. The number of hydrogen-bond acceptors (Lipinski definition) is 1. The van der Waals surface area contributed by atoms with Crippen molar-refractivity contribution in [2.45, 2.75) is 76.5 Å². The van der Waals surface area contributed by atoms with Gasteiger partial charge in [-0.25, -0.2) is 13.2 Å². The van der Waals surface area contributed by atoms with Crippen LogP contribution in [0.3, 0.4) is 0 Å². The molecule has 5 heteroatoms. The second-order valence-corrected chi connectivity index (χ2v) is 9.95. The van der Waals surface area contributed by atoms with Gasteiger partial charge in [-0.15, -0.1) is 0 Å². The van der Waals surface area contributed by atoms with Crippen LogP contribution in [0.2, 0.25) is 0 Å². The Kier molecular flexibility index (Phi) is 8.00. The molecule has 1 nitrogen and oxygen atoms in total. The van der Waals surface area contributed by atoms with Crippen LogP contribution in [-0.4, -0.2) is 7.11 Å². The first-order chi connectivity index (χ1) is 16.4. The molecule has 0 spiro atoms. The van der Waals surface area contributed by atoms with E-state index in [2.05, 4.69) is 6.92 Å². The molecule has 0 aliphatic heterocycles. The highest BCUT2D eigenvalue weighted by atomic mass is 19.2. The fraction of sp³-hybridized carbons (Fsp3) is 0.517. The highest BCUT2D eigenvalue weighted by Crippen LogP contribution is 2.40. The largest absolute Gasteiger partial charge is 0.494 e. The van der Waals surface area contributed by atoms with Gasteiger partial charge in [0.1, 0.15) is 0 Å². The molecule has 0 amide bonds. The first-order valence-electron chi connectivity index (χ1n) is 12.6. The molecule has 0 atom stereocenters. The number of allylic oxidation sites excluding steroid dienone is 1. The van der Waals surface area contributed by atoms with Crippen molar-refractivity contribution in [3.8, 4) is 5.75 Å². The van der Waals surface area contributed by atoms with E-state index in [4.69, 9.17) is 4.74 Å². The van der Waals surface area contributed by atoms with E-state index in [-0.39, 0.29) is 29.1 Å². The van der Waals surface area contributed by atoms with Crippen molar-refractivity contribution in [2.75, 3.05) is 7.11 Å². The summed E-state index contributed by atoms with van der Waals surface area (Å²) in [5, 5.41) is 0. The zero-order valence-corrected chi connectivity index (χ0v) is 20.1. The Morgan fingerprint density at radius 1 is 0.735 bits per heavy atom. The second-order valence-electron chi connectivity index (χ2n) is 9.95. The molecule has 0 saturated heterocycles. The van der Waals surface area contributed by atoms with E-state index < -0.39 is 23.3 Å². The van der Waals surface area contributed by atoms with Gasteiger partial charge in [0.2, 0.25) is 5.82 Å². The molecule has 2 aromatic rings.